The Kier molecular flexibility index (Phi) is 6.64. The number of fused-ring (bicyclic) bond motifs is 1. The number of benzene rings is 2. The molecule has 0 atom stereocenters. The Bertz CT molecular complexity index is 1050. The summed E-state index contributed by atoms with van der Waals surface area (Å²) >= 11 is 1.45. The summed E-state index contributed by atoms with van der Waals surface area (Å²) in [6.45, 7) is 4.51. The van der Waals surface area contributed by atoms with E-state index in [-0.39, 0.29) is 12.0 Å². The van der Waals surface area contributed by atoms with Gasteiger partial charge in [-0.1, -0.05) is 48.5 Å². The number of urea groups is 1. The smallest absolute Gasteiger partial charge is 0.341 e. The third-order valence-corrected chi connectivity index (χ3v) is 6.26. The van der Waals surface area contributed by atoms with Gasteiger partial charge in [0.15, 0.2) is 0 Å². The highest BCUT2D eigenvalue weighted by atomic mass is 32.1. The fourth-order valence-corrected chi connectivity index (χ4v) is 5.00. The standard InChI is InChI=1S/C24H25N3O3S/c1-2-30-23(28)21-19-13-14-27(15-17-9-5-3-6-10-17)16-20(19)31-22(21)26-24(29)25-18-11-7-4-8-12-18/h3-12H,2,13-16H2,1H3,(H2,25,26,29). The Morgan fingerprint density at radius 1 is 1.03 bits per heavy atom. The lowest BCUT2D eigenvalue weighted by atomic mass is 10.0. The number of anilines is 2. The van der Waals surface area contributed by atoms with Crippen molar-refractivity contribution in [2.75, 3.05) is 23.8 Å². The summed E-state index contributed by atoms with van der Waals surface area (Å²) < 4.78 is 5.30. The van der Waals surface area contributed by atoms with Crippen molar-refractivity contribution < 1.29 is 14.3 Å². The molecule has 2 N–H and O–H groups in total. The molecule has 0 saturated carbocycles. The summed E-state index contributed by atoms with van der Waals surface area (Å²) in [5, 5.41) is 6.21. The Morgan fingerprint density at radius 2 is 1.74 bits per heavy atom. The summed E-state index contributed by atoms with van der Waals surface area (Å²) in [6.07, 6.45) is 0.745. The van der Waals surface area contributed by atoms with Crippen molar-refractivity contribution >= 4 is 34.0 Å². The predicted octanol–water partition coefficient (Wildman–Crippen LogP) is 5.13. The normalized spacial score (nSPS) is 13.3. The monoisotopic (exact) mass is 435 g/mol. The van der Waals surface area contributed by atoms with Gasteiger partial charge in [0, 0.05) is 30.2 Å². The molecule has 2 aromatic carbocycles. The molecule has 6 nitrogen and oxygen atoms in total. The maximum absolute atomic E-state index is 12.7. The zero-order valence-electron chi connectivity index (χ0n) is 17.4. The van der Waals surface area contributed by atoms with Gasteiger partial charge in [0.2, 0.25) is 0 Å². The van der Waals surface area contributed by atoms with Gasteiger partial charge in [0.1, 0.15) is 5.00 Å². The first-order valence-electron chi connectivity index (χ1n) is 10.3. The number of para-hydroxylation sites is 1. The summed E-state index contributed by atoms with van der Waals surface area (Å²) in [6, 6.07) is 19.2. The molecule has 1 aliphatic heterocycles. The van der Waals surface area contributed by atoms with E-state index in [9.17, 15) is 9.59 Å². The first-order chi connectivity index (χ1) is 15.1. The first-order valence-corrected chi connectivity index (χ1v) is 11.2. The van der Waals surface area contributed by atoms with Crippen LogP contribution in [0.25, 0.3) is 0 Å². The number of ether oxygens (including phenoxy) is 1. The van der Waals surface area contributed by atoms with Gasteiger partial charge in [-0.05, 0) is 36.6 Å². The van der Waals surface area contributed by atoms with Crippen molar-refractivity contribution in [2.24, 2.45) is 0 Å². The molecule has 0 bridgehead atoms. The van der Waals surface area contributed by atoms with Crippen LogP contribution in [0.2, 0.25) is 0 Å². The van der Waals surface area contributed by atoms with Crippen molar-refractivity contribution in [3.63, 3.8) is 0 Å². The Morgan fingerprint density at radius 3 is 2.45 bits per heavy atom. The lowest BCUT2D eigenvalue weighted by molar-refractivity contribution is 0.0526. The number of hydrogen-bond donors (Lipinski definition) is 2. The van der Waals surface area contributed by atoms with Crippen LogP contribution in [-0.2, 0) is 24.2 Å². The molecule has 0 fully saturated rings. The van der Waals surface area contributed by atoms with Gasteiger partial charge in [-0.2, -0.15) is 0 Å². The molecule has 1 aromatic heterocycles. The van der Waals surface area contributed by atoms with E-state index in [1.165, 1.54) is 16.9 Å². The van der Waals surface area contributed by atoms with Gasteiger partial charge >= 0.3 is 12.0 Å². The fraction of sp³-hybridized carbons (Fsp3) is 0.250. The third kappa shape index (κ3) is 5.13. The van der Waals surface area contributed by atoms with Crippen LogP contribution in [0.4, 0.5) is 15.5 Å². The number of nitrogens with one attached hydrogen (secondary N) is 2. The molecule has 0 saturated heterocycles. The summed E-state index contributed by atoms with van der Waals surface area (Å²) in [5.41, 5.74) is 3.42. The first kappa shape index (κ1) is 21.1. The molecule has 2 amide bonds. The van der Waals surface area contributed by atoms with Crippen LogP contribution in [0.15, 0.2) is 60.7 Å². The molecular weight excluding hydrogens is 410 g/mol. The van der Waals surface area contributed by atoms with Crippen LogP contribution in [-0.4, -0.2) is 30.1 Å². The van der Waals surface area contributed by atoms with Crippen molar-refractivity contribution in [1.82, 2.24) is 4.90 Å². The number of nitrogens with zero attached hydrogens (tertiary/aromatic N) is 1. The van der Waals surface area contributed by atoms with E-state index in [4.69, 9.17) is 4.74 Å². The van der Waals surface area contributed by atoms with E-state index in [1.807, 2.05) is 48.5 Å². The van der Waals surface area contributed by atoms with E-state index in [1.54, 1.807) is 6.92 Å². The van der Waals surface area contributed by atoms with Gasteiger partial charge in [-0.25, -0.2) is 9.59 Å². The van der Waals surface area contributed by atoms with Crippen molar-refractivity contribution in [2.45, 2.75) is 26.4 Å². The molecule has 31 heavy (non-hydrogen) atoms. The molecule has 0 radical (unpaired) electrons. The second-order valence-electron chi connectivity index (χ2n) is 7.32. The Hall–Kier alpha value is -3.16. The number of amides is 2. The fourth-order valence-electron chi connectivity index (χ4n) is 3.73. The molecule has 0 unspecified atom stereocenters. The van der Waals surface area contributed by atoms with E-state index >= 15 is 0 Å². The molecule has 3 aromatic rings. The van der Waals surface area contributed by atoms with Gasteiger partial charge in [-0.3, -0.25) is 10.2 Å². The molecule has 0 aliphatic carbocycles. The molecular formula is C24H25N3O3S. The predicted molar refractivity (Wildman–Crippen MR) is 124 cm³/mol. The lowest BCUT2D eigenvalue weighted by Crippen LogP contribution is -2.30. The number of esters is 1. The molecule has 1 aliphatic rings. The minimum absolute atomic E-state index is 0.291. The number of carbonyl (C=O) groups excluding carboxylic acids is 2. The maximum atomic E-state index is 12.7. The molecule has 160 valence electrons. The minimum Gasteiger partial charge on any atom is -0.462 e. The van der Waals surface area contributed by atoms with Crippen molar-refractivity contribution in [1.29, 1.82) is 0 Å². The van der Waals surface area contributed by atoms with E-state index in [2.05, 4.69) is 27.7 Å². The number of hydrogen-bond acceptors (Lipinski definition) is 5. The number of thiophene rings is 1. The minimum atomic E-state index is -0.383. The molecule has 0 spiro atoms. The van der Waals surface area contributed by atoms with Crippen LogP contribution in [0.5, 0.6) is 0 Å². The Labute approximate surface area is 185 Å². The zero-order chi connectivity index (χ0) is 21.6. The lowest BCUT2D eigenvalue weighted by Gasteiger charge is -2.27. The second-order valence-corrected chi connectivity index (χ2v) is 8.42. The van der Waals surface area contributed by atoms with Gasteiger partial charge < -0.3 is 10.1 Å². The zero-order valence-corrected chi connectivity index (χ0v) is 18.2. The quantitative estimate of drug-likeness (QED) is 0.527. The maximum Gasteiger partial charge on any atom is 0.341 e. The second kappa shape index (κ2) is 9.76. The average molecular weight is 436 g/mol. The van der Waals surface area contributed by atoms with Gasteiger partial charge in [-0.15, -0.1) is 11.3 Å². The highest BCUT2D eigenvalue weighted by molar-refractivity contribution is 7.17. The largest absolute Gasteiger partial charge is 0.462 e. The highest BCUT2D eigenvalue weighted by Crippen LogP contribution is 2.38. The van der Waals surface area contributed by atoms with Crippen LogP contribution in [0.3, 0.4) is 0 Å². The summed E-state index contributed by atoms with van der Waals surface area (Å²) in [4.78, 5) is 28.7. The topological polar surface area (TPSA) is 70.7 Å². The van der Waals surface area contributed by atoms with E-state index in [0.717, 1.165) is 36.5 Å². The van der Waals surface area contributed by atoms with Crippen molar-refractivity contribution in [3.05, 3.63) is 82.2 Å². The SMILES string of the molecule is CCOC(=O)c1c(NC(=O)Nc2ccccc2)sc2c1CCN(Cc1ccccc1)C2. The molecule has 2 heterocycles. The van der Waals surface area contributed by atoms with E-state index < -0.39 is 0 Å². The van der Waals surface area contributed by atoms with E-state index in [0.29, 0.717) is 22.9 Å². The van der Waals surface area contributed by atoms with Crippen LogP contribution in [0.1, 0.15) is 33.3 Å². The van der Waals surface area contributed by atoms with Gasteiger partial charge in [0.05, 0.1) is 12.2 Å². The average Bonchev–Trinajstić information content (AvgIpc) is 3.12. The molecule has 7 heteroatoms. The van der Waals surface area contributed by atoms with Crippen LogP contribution < -0.4 is 10.6 Å². The summed E-state index contributed by atoms with van der Waals surface area (Å²) in [7, 11) is 0. The number of carbonyl (C=O) groups is 2. The number of rotatable bonds is 6. The molecule has 4 rings (SSSR count). The third-order valence-electron chi connectivity index (χ3n) is 5.12. The van der Waals surface area contributed by atoms with Crippen LogP contribution in [0, 0.1) is 0 Å². The highest BCUT2D eigenvalue weighted by Gasteiger charge is 2.29. The van der Waals surface area contributed by atoms with Crippen LogP contribution >= 0.6 is 11.3 Å². The van der Waals surface area contributed by atoms with Crippen molar-refractivity contribution in [3.8, 4) is 0 Å². The summed E-state index contributed by atoms with van der Waals surface area (Å²) in [5.74, 6) is -0.383. The van der Waals surface area contributed by atoms with Gasteiger partial charge in [0.25, 0.3) is 0 Å². The Balaban J connectivity index is 1.54.